The third kappa shape index (κ3) is 8.86. The zero-order valence-electron chi connectivity index (χ0n) is 23.2. The number of nitrogens with zero attached hydrogens (tertiary/aromatic N) is 5. The van der Waals surface area contributed by atoms with Crippen molar-refractivity contribution in [1.29, 1.82) is 0 Å². The first kappa shape index (κ1) is 33.7. The Morgan fingerprint density at radius 2 is 1.88 bits per heavy atom. The molecule has 2 heterocycles. The number of ketones is 1. The van der Waals surface area contributed by atoms with Crippen LogP contribution in [0.4, 0.5) is 0 Å². The largest absolute Gasteiger partial charge is 0.481 e. The van der Waals surface area contributed by atoms with Crippen LogP contribution >= 0.6 is 35.0 Å². The molecule has 3 N–H and O–H groups in total. The van der Waals surface area contributed by atoms with Gasteiger partial charge in [-0.2, -0.15) is 4.80 Å². The number of benzene rings is 1. The number of amides is 2. The molecule has 0 radical (unpaired) electrons. The lowest BCUT2D eigenvalue weighted by molar-refractivity contribution is -0.144. The van der Waals surface area contributed by atoms with Crippen LogP contribution in [-0.4, -0.2) is 93.1 Å². The average molecular weight is 665 g/mol. The molecule has 3 rings (SSSR count). The molecule has 2 aromatic rings. The molecule has 0 bridgehead atoms. The number of carbonyl (C=O) groups is 4. The zero-order valence-corrected chi connectivity index (χ0v) is 26.3. The van der Waals surface area contributed by atoms with Gasteiger partial charge in [0.25, 0.3) is 0 Å². The minimum atomic E-state index is -3.75. The molecular weight excluding hydrogens is 633 g/mol. The lowest BCUT2D eigenvalue weighted by Crippen LogP contribution is -2.58. The summed E-state index contributed by atoms with van der Waals surface area (Å²) in [6, 6.07) is 1.21. The molecule has 3 atom stereocenters. The molecule has 18 heteroatoms. The molecule has 1 aromatic carbocycles. The van der Waals surface area contributed by atoms with E-state index in [0.29, 0.717) is 27.8 Å². The van der Waals surface area contributed by atoms with Crippen LogP contribution in [0.1, 0.15) is 40.0 Å². The number of tetrazole rings is 1. The molecule has 230 valence electrons. The lowest BCUT2D eigenvalue weighted by atomic mass is 9.81. The van der Waals surface area contributed by atoms with Crippen molar-refractivity contribution >= 4 is 68.6 Å². The molecule has 42 heavy (non-hydrogen) atoms. The molecule has 14 nitrogen and oxygen atoms in total. The van der Waals surface area contributed by atoms with Gasteiger partial charge >= 0.3 is 5.97 Å². The Labute approximate surface area is 256 Å². The van der Waals surface area contributed by atoms with E-state index in [-0.39, 0.29) is 11.7 Å². The van der Waals surface area contributed by atoms with Gasteiger partial charge in [0.1, 0.15) is 24.7 Å². The molecular formula is C24H31Cl2N7O7S2. The highest BCUT2D eigenvalue weighted by atomic mass is 35.5. The second-order valence-electron chi connectivity index (χ2n) is 10.5. The molecule has 0 aliphatic carbocycles. The van der Waals surface area contributed by atoms with Crippen LogP contribution in [0, 0.1) is 5.41 Å². The number of likely N-dealkylation sites (tertiary alicyclic amines) is 1. The van der Waals surface area contributed by atoms with E-state index in [2.05, 4.69) is 25.4 Å². The third-order valence-electron chi connectivity index (χ3n) is 6.64. The fourth-order valence-corrected chi connectivity index (χ4v) is 6.58. The Bertz CT molecular complexity index is 1450. The summed E-state index contributed by atoms with van der Waals surface area (Å²) in [4.78, 5) is 53.9. The number of aliphatic carboxylic acids is 1. The first-order valence-electron chi connectivity index (χ1n) is 12.7. The predicted octanol–water partition coefficient (Wildman–Crippen LogP) is 1.61. The van der Waals surface area contributed by atoms with Crippen LogP contribution in [0.2, 0.25) is 10.0 Å². The lowest BCUT2D eigenvalue weighted by Gasteiger charge is -2.35. The van der Waals surface area contributed by atoms with Crippen LogP contribution in [0.5, 0.6) is 0 Å². The number of rotatable bonds is 12. The van der Waals surface area contributed by atoms with E-state index in [4.69, 9.17) is 23.2 Å². The van der Waals surface area contributed by atoms with Crippen LogP contribution in [0.3, 0.4) is 0 Å². The van der Waals surface area contributed by atoms with Crippen LogP contribution < -0.4 is 10.0 Å². The van der Waals surface area contributed by atoms with Crippen molar-refractivity contribution in [3.8, 4) is 0 Å². The van der Waals surface area contributed by atoms with E-state index in [0.717, 1.165) is 22.8 Å². The molecule has 1 aliphatic heterocycles. The van der Waals surface area contributed by atoms with Gasteiger partial charge in [-0.1, -0.05) is 43.1 Å². The molecule has 0 spiro atoms. The van der Waals surface area contributed by atoms with E-state index in [1.54, 1.807) is 32.0 Å². The van der Waals surface area contributed by atoms with E-state index in [9.17, 15) is 32.7 Å². The number of carbonyl (C=O) groups excluding carboxylic acids is 3. The summed E-state index contributed by atoms with van der Waals surface area (Å²) >= 11 is 13.4. The maximum atomic E-state index is 13.4. The summed E-state index contributed by atoms with van der Waals surface area (Å²) in [5.74, 6) is -3.44. The molecule has 0 saturated carbocycles. The van der Waals surface area contributed by atoms with Crippen molar-refractivity contribution in [1.82, 2.24) is 35.1 Å². The molecule has 2 amide bonds. The fourth-order valence-electron chi connectivity index (χ4n) is 4.38. The van der Waals surface area contributed by atoms with E-state index < -0.39 is 70.1 Å². The highest BCUT2D eigenvalue weighted by molar-refractivity contribution is 7.99. The summed E-state index contributed by atoms with van der Waals surface area (Å²) < 4.78 is 26.3. The smallest absolute Gasteiger partial charge is 0.305 e. The monoisotopic (exact) mass is 663 g/mol. The number of halogens is 2. The SMILES string of the molecule is C[C@@H](C(=O)NC(CC(=O)O)C(=O)Cn1nnc(Sc2c(Cl)cccc2Cl)n1)N1CCCC(C)(C)[C@H](NS(C)(=O)=O)C1=O. The van der Waals surface area contributed by atoms with Gasteiger partial charge in [-0.15, -0.1) is 10.2 Å². The highest BCUT2D eigenvalue weighted by Crippen LogP contribution is 2.36. The van der Waals surface area contributed by atoms with E-state index in [1.165, 1.54) is 11.8 Å². The first-order chi connectivity index (χ1) is 19.5. The average Bonchev–Trinajstić information content (AvgIpc) is 3.28. The summed E-state index contributed by atoms with van der Waals surface area (Å²) in [6.45, 7) is 4.60. The van der Waals surface area contributed by atoms with Crippen molar-refractivity contribution in [2.24, 2.45) is 5.41 Å². The van der Waals surface area contributed by atoms with Crippen molar-refractivity contribution in [3.63, 3.8) is 0 Å². The minimum absolute atomic E-state index is 0.130. The highest BCUT2D eigenvalue weighted by Gasteiger charge is 2.44. The quantitative estimate of drug-likeness (QED) is 0.299. The van der Waals surface area contributed by atoms with Crippen LogP contribution in [-0.2, 0) is 35.7 Å². The third-order valence-corrected chi connectivity index (χ3v) is 9.15. The molecule has 1 unspecified atom stereocenters. The Hall–Kier alpha value is -2.79. The molecule has 1 fully saturated rings. The Kier molecular flexibility index (Phi) is 11.0. The number of Topliss-reactive ketones (excluding diaryl/α,β-unsaturated/α-hetero) is 1. The number of hydrogen-bond donors (Lipinski definition) is 3. The number of carboxylic acid groups (broad SMARTS) is 1. The topological polar surface area (TPSA) is 194 Å². The predicted molar refractivity (Wildman–Crippen MR) is 154 cm³/mol. The Morgan fingerprint density at radius 1 is 1.24 bits per heavy atom. The standard InChI is InChI=1S/C24H31Cl2N7O7S2/c1-13(32-10-6-9-24(2,3)20(22(32)38)30-42(4,39)40)21(37)27-16(11-18(35)36)17(34)12-33-29-23(28-31-33)41-19-14(25)7-5-8-15(19)26/h5,7-8,13,16,20,30H,6,9-12H2,1-4H3,(H,27,37)(H,35,36)/t13-,16?,20+/m0/s1. The number of nitrogens with one attached hydrogen (secondary N) is 2. The van der Waals surface area contributed by atoms with Crippen LogP contribution in [0.25, 0.3) is 0 Å². The van der Waals surface area contributed by atoms with Crippen molar-refractivity contribution in [2.45, 2.75) is 74.8 Å². The maximum Gasteiger partial charge on any atom is 0.305 e. The second kappa shape index (κ2) is 13.7. The Morgan fingerprint density at radius 3 is 2.48 bits per heavy atom. The van der Waals surface area contributed by atoms with Gasteiger partial charge in [0.15, 0.2) is 5.78 Å². The normalized spacial score (nSPS) is 18.7. The maximum absolute atomic E-state index is 13.4. The van der Waals surface area contributed by atoms with E-state index >= 15 is 0 Å². The number of sulfonamides is 1. The number of aromatic nitrogens is 4. The molecule has 1 aliphatic rings. The minimum Gasteiger partial charge on any atom is -0.481 e. The van der Waals surface area contributed by atoms with Gasteiger partial charge < -0.3 is 15.3 Å². The van der Waals surface area contributed by atoms with Gasteiger partial charge in [-0.05, 0) is 54.3 Å². The van der Waals surface area contributed by atoms with Gasteiger partial charge in [-0.25, -0.2) is 13.1 Å². The Balaban J connectivity index is 1.73. The van der Waals surface area contributed by atoms with E-state index in [1.807, 2.05) is 0 Å². The van der Waals surface area contributed by atoms with Gasteiger partial charge in [0.05, 0.1) is 27.6 Å². The van der Waals surface area contributed by atoms with Crippen LogP contribution in [0.15, 0.2) is 28.3 Å². The summed E-state index contributed by atoms with van der Waals surface area (Å²) in [7, 11) is -3.75. The van der Waals surface area contributed by atoms with Gasteiger partial charge in [0, 0.05) is 6.54 Å². The van der Waals surface area contributed by atoms with Crippen molar-refractivity contribution < 1.29 is 32.7 Å². The first-order valence-corrected chi connectivity index (χ1v) is 16.2. The number of hydrogen-bond acceptors (Lipinski definition) is 10. The molecule has 1 saturated heterocycles. The number of carboxylic acids is 1. The second-order valence-corrected chi connectivity index (χ2v) is 14.1. The van der Waals surface area contributed by atoms with Gasteiger partial charge in [-0.3, -0.25) is 19.2 Å². The summed E-state index contributed by atoms with van der Waals surface area (Å²) in [5.41, 5.74) is -0.730. The summed E-state index contributed by atoms with van der Waals surface area (Å²) in [5, 5.41) is 24.4. The van der Waals surface area contributed by atoms with Crippen molar-refractivity contribution in [3.05, 3.63) is 28.2 Å². The zero-order chi connectivity index (χ0) is 31.4. The molecule has 1 aromatic heterocycles. The summed E-state index contributed by atoms with van der Waals surface area (Å²) in [6.07, 6.45) is 1.21. The van der Waals surface area contributed by atoms with Crippen molar-refractivity contribution in [2.75, 3.05) is 12.8 Å². The fraction of sp³-hybridized carbons (Fsp3) is 0.542. The van der Waals surface area contributed by atoms with Gasteiger partial charge in [0.2, 0.25) is 27.0 Å².